The topological polar surface area (TPSA) is 228 Å². The monoisotopic (exact) mass is 674 g/mol. The Kier molecular flexibility index (Phi) is 11.0. The van der Waals surface area contributed by atoms with E-state index < -0.39 is 56.1 Å². The van der Waals surface area contributed by atoms with Gasteiger partial charge in [-0.25, -0.2) is 14.6 Å². The molecule has 18 heteroatoms. The van der Waals surface area contributed by atoms with Crippen LogP contribution < -0.4 is 30.2 Å². The lowest BCUT2D eigenvalue weighted by Crippen LogP contribution is -2.43. The van der Waals surface area contributed by atoms with Crippen molar-refractivity contribution in [1.29, 1.82) is 0 Å². The van der Waals surface area contributed by atoms with Crippen molar-refractivity contribution >= 4 is 45.0 Å². The SMILES string of the molecule is O=C(CCc1ccc(C(F)(F)[P+]([O-])([O-])[O-])cc1)Nc1cc(NC(=O)CCc2ccc(C(F)(F)[P+]([O-])(O)O)cc2)cc(C(=O)O)c1. The standard InChI is InChI=1S/C27H26F4N2O10P2/c28-26(29,44(38,39)40)19-7-1-16(2-8-19)5-11-23(34)32-21-13-18(25(36)37)14-22(15-21)33-24(35)12-6-17-3-9-20(10-4-17)27(30,31)45(41,42)43/h1-4,7-10,13-15H,5-6,11-12H2,(H,32,34)(H,33,35)(H,36,37)(H2,38,39,40)(H2,41,42,43)/p-2. The number of rotatable bonds is 13. The van der Waals surface area contributed by atoms with Crippen LogP contribution in [-0.4, -0.2) is 32.7 Å². The largest absolute Gasteiger partial charge is 0.683 e. The molecule has 0 aliphatic rings. The highest BCUT2D eigenvalue weighted by atomic mass is 31.2. The predicted molar refractivity (Wildman–Crippen MR) is 146 cm³/mol. The molecule has 3 rings (SSSR count). The first-order chi connectivity index (χ1) is 20.7. The highest BCUT2D eigenvalue weighted by molar-refractivity contribution is 7.58. The van der Waals surface area contributed by atoms with Crippen molar-refractivity contribution in [3.05, 3.63) is 94.5 Å². The predicted octanol–water partition coefficient (Wildman–Crippen LogP) is 1.58. The Bertz CT molecular complexity index is 1440. The minimum atomic E-state index is -6.24. The number of hydrogen-bond acceptors (Lipinski definition) is 9. The number of anilines is 2. The quantitative estimate of drug-likeness (QED) is 0.130. The van der Waals surface area contributed by atoms with E-state index in [2.05, 4.69) is 10.6 Å². The number of carboxylic acids is 1. The first kappa shape index (κ1) is 35.9. The van der Waals surface area contributed by atoms with Crippen LogP contribution in [0, 0.1) is 0 Å². The van der Waals surface area contributed by atoms with Crippen LogP contribution in [0.15, 0.2) is 66.7 Å². The highest BCUT2D eigenvalue weighted by Crippen LogP contribution is 2.62. The summed E-state index contributed by atoms with van der Waals surface area (Å²) in [5.74, 6) is -2.62. The van der Waals surface area contributed by atoms with Crippen LogP contribution in [-0.2, 0) is 33.8 Å². The van der Waals surface area contributed by atoms with Crippen LogP contribution in [0.5, 0.6) is 0 Å². The summed E-state index contributed by atoms with van der Waals surface area (Å²) in [6, 6.07) is 11.2. The van der Waals surface area contributed by atoms with Crippen molar-refractivity contribution < 1.29 is 66.4 Å². The van der Waals surface area contributed by atoms with Gasteiger partial charge in [0.05, 0.1) is 16.7 Å². The molecule has 0 aromatic heterocycles. The Morgan fingerprint density at radius 3 is 1.38 bits per heavy atom. The fraction of sp³-hybridized carbons (Fsp3) is 0.222. The van der Waals surface area contributed by atoms with E-state index in [1.807, 2.05) is 0 Å². The Morgan fingerprint density at radius 2 is 1.04 bits per heavy atom. The second-order valence-corrected chi connectivity index (χ2v) is 12.9. The number of aromatic carboxylic acids is 1. The summed E-state index contributed by atoms with van der Waals surface area (Å²) in [4.78, 5) is 97.6. The van der Waals surface area contributed by atoms with Gasteiger partial charge in [0.15, 0.2) is 0 Å². The smallest absolute Gasteiger partial charge is 0.428 e. The number of carboxylic acid groups (broad SMARTS) is 1. The Morgan fingerprint density at radius 1 is 0.667 bits per heavy atom. The molecule has 0 unspecified atom stereocenters. The van der Waals surface area contributed by atoms with Crippen LogP contribution in [0.2, 0.25) is 0 Å². The Balaban J connectivity index is 1.60. The summed E-state index contributed by atoms with van der Waals surface area (Å²) in [5.41, 5.74) is -10.5. The molecule has 0 heterocycles. The third-order valence-corrected chi connectivity index (χ3v) is 8.28. The maximum atomic E-state index is 13.8. The number of carbonyl (C=O) groups excluding carboxylic acids is 2. The number of alkyl halides is 4. The van der Waals surface area contributed by atoms with Crippen molar-refractivity contribution in [2.24, 2.45) is 0 Å². The average Bonchev–Trinajstić information content (AvgIpc) is 2.94. The average molecular weight is 674 g/mol. The van der Waals surface area contributed by atoms with Gasteiger partial charge in [0.1, 0.15) is 0 Å². The molecule has 0 bridgehead atoms. The lowest BCUT2D eigenvalue weighted by molar-refractivity contribution is -0.447. The summed E-state index contributed by atoms with van der Waals surface area (Å²) >= 11 is 0. The van der Waals surface area contributed by atoms with E-state index in [-0.39, 0.29) is 42.6 Å². The van der Waals surface area contributed by atoms with Gasteiger partial charge in [-0.05, 0) is 66.4 Å². The summed E-state index contributed by atoms with van der Waals surface area (Å²) in [7, 11) is -12.0. The van der Waals surface area contributed by atoms with Gasteiger partial charge in [0.25, 0.3) is 0 Å². The molecule has 0 saturated carbocycles. The third-order valence-electron chi connectivity index (χ3n) is 6.34. The zero-order valence-corrected chi connectivity index (χ0v) is 24.6. The van der Waals surface area contributed by atoms with Crippen molar-refractivity contribution in [3.8, 4) is 0 Å². The molecule has 12 nitrogen and oxygen atoms in total. The fourth-order valence-corrected chi connectivity index (χ4v) is 4.88. The summed E-state index contributed by atoms with van der Waals surface area (Å²) in [6.45, 7) is 0. The maximum Gasteiger partial charge on any atom is 0.428 e. The molecule has 0 radical (unpaired) electrons. The molecular formula is C27H24F4N2O10P2-2. The van der Waals surface area contributed by atoms with E-state index in [4.69, 9.17) is 9.79 Å². The molecule has 3 aromatic carbocycles. The second-order valence-electron chi connectivity index (χ2n) is 9.72. The molecule has 5 N–H and O–H groups in total. The number of carbonyl (C=O) groups is 3. The van der Waals surface area contributed by atoms with E-state index >= 15 is 0 Å². The van der Waals surface area contributed by atoms with E-state index in [9.17, 15) is 56.6 Å². The minimum Gasteiger partial charge on any atom is -0.683 e. The number of benzene rings is 3. The first-order valence-electron chi connectivity index (χ1n) is 12.7. The van der Waals surface area contributed by atoms with Crippen molar-refractivity contribution in [3.63, 3.8) is 0 Å². The van der Waals surface area contributed by atoms with E-state index in [0.29, 0.717) is 11.1 Å². The number of amides is 2. The van der Waals surface area contributed by atoms with Gasteiger partial charge < -0.3 is 35.3 Å². The molecule has 3 aromatic rings. The number of aryl methyl sites for hydroxylation is 2. The van der Waals surface area contributed by atoms with Crippen molar-refractivity contribution in [2.75, 3.05) is 10.6 Å². The van der Waals surface area contributed by atoms with Crippen LogP contribution in [0.4, 0.5) is 28.9 Å². The number of halogens is 4. The minimum absolute atomic E-state index is 0.00242. The van der Waals surface area contributed by atoms with Crippen molar-refractivity contribution in [2.45, 2.75) is 37.0 Å². The number of hydrogen-bond donors (Lipinski definition) is 5. The Hall–Kier alpha value is -3.59. The van der Waals surface area contributed by atoms with E-state index in [0.717, 1.165) is 48.5 Å². The highest BCUT2D eigenvalue weighted by Gasteiger charge is 2.55. The molecule has 0 aliphatic carbocycles. The van der Waals surface area contributed by atoms with Gasteiger partial charge in [-0.3, -0.25) is 9.59 Å². The van der Waals surface area contributed by atoms with E-state index in [1.54, 1.807) is 0 Å². The normalized spacial score (nSPS) is 12.5. The van der Waals surface area contributed by atoms with Gasteiger partial charge in [-0.1, -0.05) is 32.2 Å². The van der Waals surface area contributed by atoms with Crippen LogP contribution in [0.3, 0.4) is 0 Å². The molecule has 0 fully saturated rings. The fourth-order valence-electron chi connectivity index (χ4n) is 3.93. The number of nitrogens with one attached hydrogen (secondary N) is 2. The van der Waals surface area contributed by atoms with Gasteiger partial charge in [-0.2, -0.15) is 17.6 Å². The Labute approximate surface area is 253 Å². The van der Waals surface area contributed by atoms with Crippen LogP contribution in [0.25, 0.3) is 0 Å². The molecule has 0 aliphatic heterocycles. The van der Waals surface area contributed by atoms with Crippen LogP contribution >= 0.6 is 15.9 Å². The molecule has 0 atom stereocenters. The maximum absolute atomic E-state index is 13.8. The molecule has 0 spiro atoms. The molecular weight excluding hydrogens is 650 g/mol. The first-order valence-corrected chi connectivity index (χ1v) is 15.9. The molecule has 242 valence electrons. The molecule has 0 saturated heterocycles. The van der Waals surface area contributed by atoms with Gasteiger partial charge in [0, 0.05) is 24.2 Å². The lowest BCUT2D eigenvalue weighted by Gasteiger charge is -2.46. The van der Waals surface area contributed by atoms with Crippen LogP contribution in [0.1, 0.15) is 45.5 Å². The van der Waals surface area contributed by atoms with Crippen molar-refractivity contribution in [1.82, 2.24) is 0 Å². The van der Waals surface area contributed by atoms with E-state index in [1.165, 1.54) is 18.2 Å². The summed E-state index contributed by atoms with van der Waals surface area (Å²) in [6.07, 6.45) is -0.375. The lowest BCUT2D eigenvalue weighted by atomic mass is 10.1. The third kappa shape index (κ3) is 9.22. The zero-order chi connectivity index (χ0) is 33.8. The molecule has 2 amide bonds. The second kappa shape index (κ2) is 13.8. The van der Waals surface area contributed by atoms with Gasteiger partial charge >= 0.3 is 25.2 Å². The summed E-state index contributed by atoms with van der Waals surface area (Å²) < 4.78 is 55.0. The summed E-state index contributed by atoms with van der Waals surface area (Å²) in [5, 5.41) is 14.3. The zero-order valence-electron chi connectivity index (χ0n) is 22.8. The van der Waals surface area contributed by atoms with Gasteiger partial charge in [0.2, 0.25) is 11.8 Å². The van der Waals surface area contributed by atoms with Gasteiger partial charge in [-0.15, -0.1) is 0 Å². The molecule has 45 heavy (non-hydrogen) atoms.